The van der Waals surface area contributed by atoms with Crippen molar-refractivity contribution in [2.45, 2.75) is 0 Å². The van der Waals surface area contributed by atoms with Gasteiger partial charge in [0, 0.05) is 20.3 Å². The smallest absolute Gasteiger partial charge is 0.343 e. The summed E-state index contributed by atoms with van der Waals surface area (Å²) in [6, 6.07) is 0.183. The number of carbonyl (C=O) groups excluding carboxylic acids is 2. The highest BCUT2D eigenvalue weighted by Gasteiger charge is 2.28. The van der Waals surface area contributed by atoms with Crippen LogP contribution in [0, 0.1) is 23.3 Å². The molecule has 0 heterocycles. The maximum absolute atomic E-state index is 13.6. The largest absolute Gasteiger partial charge is 0.465 e. The third kappa shape index (κ3) is 3.39. The van der Waals surface area contributed by atoms with Gasteiger partial charge in [-0.1, -0.05) is 0 Å². The molecule has 0 aliphatic carbocycles. The highest BCUT2D eigenvalue weighted by atomic mass is 19.2. The van der Waals surface area contributed by atoms with Crippen LogP contribution >= 0.6 is 0 Å². The summed E-state index contributed by atoms with van der Waals surface area (Å²) in [5.41, 5.74) is -1.77. The number of ketones is 1. The van der Waals surface area contributed by atoms with Crippen molar-refractivity contribution in [2.24, 2.45) is 0 Å². The fraction of sp³-hybridized carbons (Fsp3) is 0.231. The number of carbonyl (C=O) groups is 2. The molecular weight excluding hydrogens is 294 g/mol. The number of ether oxygens (including phenoxy) is 1. The normalized spacial score (nSPS) is 11.3. The predicted molar refractivity (Wildman–Crippen MR) is 64.4 cm³/mol. The van der Waals surface area contributed by atoms with Crippen molar-refractivity contribution in [3.8, 4) is 0 Å². The van der Waals surface area contributed by atoms with E-state index in [-0.39, 0.29) is 6.07 Å². The van der Waals surface area contributed by atoms with E-state index in [0.717, 1.165) is 13.3 Å². The summed E-state index contributed by atoms with van der Waals surface area (Å²) in [5, 5.41) is 0. The van der Waals surface area contributed by atoms with Crippen LogP contribution in [0.2, 0.25) is 0 Å². The first-order valence-corrected chi connectivity index (χ1v) is 5.55. The Labute approximate surface area is 117 Å². The average Bonchev–Trinajstić information content (AvgIpc) is 2.44. The molecule has 0 aliphatic rings. The number of rotatable bonds is 4. The molecule has 0 saturated heterocycles. The van der Waals surface area contributed by atoms with Crippen LogP contribution in [0.5, 0.6) is 0 Å². The van der Waals surface area contributed by atoms with E-state index in [2.05, 4.69) is 4.74 Å². The Balaban J connectivity index is 3.45. The average molecular weight is 305 g/mol. The second kappa shape index (κ2) is 6.38. The maximum Gasteiger partial charge on any atom is 0.343 e. The molecule has 1 aromatic carbocycles. The summed E-state index contributed by atoms with van der Waals surface area (Å²) < 4.78 is 57.0. The van der Waals surface area contributed by atoms with Gasteiger partial charge in [0.1, 0.15) is 5.57 Å². The number of esters is 1. The molecule has 21 heavy (non-hydrogen) atoms. The molecule has 1 rings (SSSR count). The molecule has 4 nitrogen and oxygen atoms in total. The molecule has 8 heteroatoms. The molecule has 1 aromatic rings. The zero-order valence-electron chi connectivity index (χ0n) is 11.3. The number of Topliss-reactive ketones (excluding diaryl/α,β-unsaturated/α-hetero) is 1. The molecule has 0 radical (unpaired) electrons. The molecule has 0 aliphatic heterocycles. The first-order chi connectivity index (χ1) is 9.70. The van der Waals surface area contributed by atoms with E-state index < -0.39 is 46.2 Å². The van der Waals surface area contributed by atoms with E-state index in [1.807, 2.05) is 0 Å². The Bertz CT molecular complexity index is 626. The summed E-state index contributed by atoms with van der Waals surface area (Å²) in [7, 11) is 3.89. The van der Waals surface area contributed by atoms with Gasteiger partial charge < -0.3 is 9.64 Å². The van der Waals surface area contributed by atoms with Crippen LogP contribution in [-0.2, 0) is 9.53 Å². The van der Waals surface area contributed by atoms with Gasteiger partial charge in [0.05, 0.1) is 12.7 Å². The van der Waals surface area contributed by atoms with Crippen LogP contribution in [0.25, 0.3) is 0 Å². The number of benzene rings is 1. The van der Waals surface area contributed by atoms with Crippen LogP contribution in [0.15, 0.2) is 17.8 Å². The summed E-state index contributed by atoms with van der Waals surface area (Å²) in [6.45, 7) is 0. The lowest BCUT2D eigenvalue weighted by atomic mass is 10.0. The number of methoxy groups -OCH3 is 1. The number of nitrogens with zero attached hydrogens (tertiary/aromatic N) is 1. The van der Waals surface area contributed by atoms with E-state index in [0.29, 0.717) is 0 Å². The van der Waals surface area contributed by atoms with Gasteiger partial charge in [-0.25, -0.2) is 22.4 Å². The molecule has 0 aromatic heterocycles. The van der Waals surface area contributed by atoms with Crippen molar-refractivity contribution in [2.75, 3.05) is 21.2 Å². The van der Waals surface area contributed by atoms with Gasteiger partial charge >= 0.3 is 5.97 Å². The Morgan fingerprint density at radius 2 is 1.67 bits per heavy atom. The number of halogens is 4. The Kier molecular flexibility index (Phi) is 5.07. The van der Waals surface area contributed by atoms with Gasteiger partial charge in [-0.05, 0) is 6.07 Å². The van der Waals surface area contributed by atoms with Gasteiger partial charge in [0.25, 0.3) is 0 Å². The lowest BCUT2D eigenvalue weighted by Gasteiger charge is -2.11. The Morgan fingerprint density at radius 1 is 1.10 bits per heavy atom. The van der Waals surface area contributed by atoms with Crippen molar-refractivity contribution < 1.29 is 31.9 Å². The van der Waals surface area contributed by atoms with Gasteiger partial charge in [0.15, 0.2) is 23.3 Å². The Morgan fingerprint density at radius 3 is 2.14 bits per heavy atom. The topological polar surface area (TPSA) is 46.6 Å². The molecule has 0 amide bonds. The SMILES string of the molecule is COC(=O)/C(=C/N(C)C)C(=O)c1cc(F)c(F)c(F)c1F. The first-order valence-electron chi connectivity index (χ1n) is 5.55. The van der Waals surface area contributed by atoms with Crippen molar-refractivity contribution in [3.63, 3.8) is 0 Å². The van der Waals surface area contributed by atoms with E-state index in [4.69, 9.17) is 0 Å². The molecule has 0 atom stereocenters. The lowest BCUT2D eigenvalue weighted by Crippen LogP contribution is -2.20. The third-order valence-electron chi connectivity index (χ3n) is 2.38. The fourth-order valence-corrected chi connectivity index (χ4v) is 1.46. The van der Waals surface area contributed by atoms with Crippen LogP contribution < -0.4 is 0 Å². The highest BCUT2D eigenvalue weighted by Crippen LogP contribution is 2.21. The summed E-state index contributed by atoms with van der Waals surface area (Å²) >= 11 is 0. The number of hydrogen-bond acceptors (Lipinski definition) is 4. The monoisotopic (exact) mass is 305 g/mol. The minimum absolute atomic E-state index is 0.183. The molecular formula is C13H11F4NO3. The van der Waals surface area contributed by atoms with E-state index in [1.54, 1.807) is 0 Å². The van der Waals surface area contributed by atoms with Crippen LogP contribution in [0.3, 0.4) is 0 Å². The molecule has 0 spiro atoms. The van der Waals surface area contributed by atoms with E-state index in [1.165, 1.54) is 19.0 Å². The van der Waals surface area contributed by atoms with Gasteiger partial charge in [-0.3, -0.25) is 4.79 Å². The van der Waals surface area contributed by atoms with E-state index >= 15 is 0 Å². The Hall–Kier alpha value is -2.38. The van der Waals surface area contributed by atoms with Gasteiger partial charge in [0.2, 0.25) is 5.78 Å². The zero-order chi connectivity index (χ0) is 16.3. The fourth-order valence-electron chi connectivity index (χ4n) is 1.46. The summed E-state index contributed by atoms with van der Waals surface area (Å²) in [4.78, 5) is 24.8. The minimum atomic E-state index is -2.13. The molecule has 0 unspecified atom stereocenters. The first kappa shape index (κ1) is 16.7. The van der Waals surface area contributed by atoms with Crippen molar-refractivity contribution in [1.29, 1.82) is 0 Å². The van der Waals surface area contributed by atoms with Crippen molar-refractivity contribution in [1.82, 2.24) is 4.90 Å². The highest BCUT2D eigenvalue weighted by molar-refractivity contribution is 6.24. The van der Waals surface area contributed by atoms with Crippen molar-refractivity contribution >= 4 is 11.8 Å². The molecule has 114 valence electrons. The quantitative estimate of drug-likeness (QED) is 0.125. The van der Waals surface area contributed by atoms with Crippen LogP contribution in [0.1, 0.15) is 10.4 Å². The van der Waals surface area contributed by atoms with Gasteiger partial charge in [-0.15, -0.1) is 0 Å². The minimum Gasteiger partial charge on any atom is -0.465 e. The summed E-state index contributed by atoms with van der Waals surface area (Å²) in [5.74, 6) is -10.3. The second-order valence-electron chi connectivity index (χ2n) is 4.17. The second-order valence-corrected chi connectivity index (χ2v) is 4.17. The summed E-state index contributed by atoms with van der Waals surface area (Å²) in [6.07, 6.45) is 0.993. The van der Waals surface area contributed by atoms with Gasteiger partial charge in [-0.2, -0.15) is 0 Å². The third-order valence-corrected chi connectivity index (χ3v) is 2.38. The number of hydrogen-bond donors (Lipinski definition) is 0. The molecule has 0 saturated carbocycles. The van der Waals surface area contributed by atoms with Crippen LogP contribution in [-0.4, -0.2) is 37.9 Å². The standard InChI is InChI=1S/C13H11F4NO3/c1-18(2)5-7(13(20)21-3)12(19)6-4-8(14)10(16)11(17)9(6)15/h4-5H,1-3H3/b7-5+. The van der Waals surface area contributed by atoms with Crippen LogP contribution in [0.4, 0.5) is 17.6 Å². The zero-order valence-corrected chi connectivity index (χ0v) is 11.3. The van der Waals surface area contributed by atoms with E-state index in [9.17, 15) is 27.2 Å². The van der Waals surface area contributed by atoms with Crippen molar-refractivity contribution in [3.05, 3.63) is 46.7 Å². The predicted octanol–water partition coefficient (Wildman–Crippen LogP) is 2.04. The maximum atomic E-state index is 13.6. The molecule has 0 bridgehead atoms. The lowest BCUT2D eigenvalue weighted by molar-refractivity contribution is -0.135. The molecule has 0 fully saturated rings. The molecule has 0 N–H and O–H groups in total.